The molecule has 1 aliphatic heterocycles. The van der Waals surface area contributed by atoms with Crippen molar-refractivity contribution in [2.24, 2.45) is 0 Å². The highest BCUT2D eigenvalue weighted by Gasteiger charge is 2.52. The predicted molar refractivity (Wildman–Crippen MR) is 166 cm³/mol. The lowest BCUT2D eigenvalue weighted by Crippen LogP contribution is -2.32. The van der Waals surface area contributed by atoms with Crippen molar-refractivity contribution in [1.29, 1.82) is 0 Å². The van der Waals surface area contributed by atoms with Gasteiger partial charge in [0.25, 0.3) is 0 Å². The Labute approximate surface area is 236 Å². The Kier molecular flexibility index (Phi) is 3.90. The Morgan fingerprint density at radius 2 is 1.05 bits per heavy atom. The van der Waals surface area contributed by atoms with Crippen LogP contribution in [0.15, 0.2) is 138 Å². The Bertz CT molecular complexity index is 2410. The van der Waals surface area contributed by atoms with Crippen LogP contribution < -0.4 is 4.74 Å². The molecule has 2 heterocycles. The first kappa shape index (κ1) is 21.5. The zero-order chi connectivity index (χ0) is 26.7. The van der Waals surface area contributed by atoms with Crippen LogP contribution in [0.25, 0.3) is 54.6 Å². The molecule has 0 fully saturated rings. The van der Waals surface area contributed by atoms with Crippen LogP contribution in [0.2, 0.25) is 0 Å². The molecule has 41 heavy (non-hydrogen) atoms. The molecular formula is C39H22O2. The van der Waals surface area contributed by atoms with Crippen LogP contribution >= 0.6 is 0 Å². The Balaban J connectivity index is 1.48. The summed E-state index contributed by atoms with van der Waals surface area (Å²) in [5, 5.41) is 7.05. The standard InChI is InChI=1S/C39H22O2/c1-3-11-25-23(9-1)17-20-30-35(25)36-31(22-19-28-27-13-5-7-15-33(27)40-38(28)36)39(30)29-14-6-8-16-34(29)41-37-26-12-4-2-10-24(26)18-21-32(37)39/h1-22H. The molecule has 0 bridgehead atoms. The highest BCUT2D eigenvalue weighted by atomic mass is 16.5. The van der Waals surface area contributed by atoms with Crippen molar-refractivity contribution in [3.8, 4) is 22.6 Å². The van der Waals surface area contributed by atoms with Gasteiger partial charge in [-0.3, -0.25) is 0 Å². The number of benzene rings is 7. The summed E-state index contributed by atoms with van der Waals surface area (Å²) in [7, 11) is 0. The summed E-state index contributed by atoms with van der Waals surface area (Å²) in [6.07, 6.45) is 0. The van der Waals surface area contributed by atoms with Crippen molar-refractivity contribution in [1.82, 2.24) is 0 Å². The molecule has 8 aromatic rings. The molecule has 2 heteroatoms. The molecule has 0 saturated heterocycles. The van der Waals surface area contributed by atoms with Gasteiger partial charge in [-0.2, -0.15) is 0 Å². The second-order valence-corrected chi connectivity index (χ2v) is 11.2. The molecular weight excluding hydrogens is 500 g/mol. The van der Waals surface area contributed by atoms with Crippen LogP contribution in [-0.2, 0) is 5.41 Å². The van der Waals surface area contributed by atoms with E-state index in [4.69, 9.17) is 9.15 Å². The van der Waals surface area contributed by atoms with E-state index in [1.807, 2.05) is 6.07 Å². The molecule has 1 atom stereocenters. The van der Waals surface area contributed by atoms with Crippen LogP contribution in [-0.4, -0.2) is 0 Å². The third-order valence-corrected chi connectivity index (χ3v) is 9.32. The monoisotopic (exact) mass is 522 g/mol. The molecule has 10 rings (SSSR count). The molecule has 0 N–H and O–H groups in total. The van der Waals surface area contributed by atoms with Gasteiger partial charge in [0, 0.05) is 32.8 Å². The van der Waals surface area contributed by atoms with E-state index in [9.17, 15) is 0 Å². The van der Waals surface area contributed by atoms with Crippen molar-refractivity contribution in [3.63, 3.8) is 0 Å². The molecule has 1 unspecified atom stereocenters. The Morgan fingerprint density at radius 1 is 0.415 bits per heavy atom. The number of para-hydroxylation sites is 2. The van der Waals surface area contributed by atoms with Crippen LogP contribution in [0.3, 0.4) is 0 Å². The number of ether oxygens (including phenoxy) is 1. The first-order valence-electron chi connectivity index (χ1n) is 14.1. The fraction of sp³-hybridized carbons (Fsp3) is 0.0256. The quantitative estimate of drug-likeness (QED) is 0.198. The van der Waals surface area contributed by atoms with E-state index in [2.05, 4.69) is 127 Å². The van der Waals surface area contributed by atoms with Crippen molar-refractivity contribution in [2.45, 2.75) is 5.41 Å². The summed E-state index contributed by atoms with van der Waals surface area (Å²) < 4.78 is 13.6. The third kappa shape index (κ3) is 2.50. The minimum absolute atomic E-state index is 0.559. The minimum Gasteiger partial charge on any atom is -0.456 e. The van der Waals surface area contributed by atoms with Crippen LogP contribution in [0.1, 0.15) is 22.3 Å². The lowest BCUT2D eigenvalue weighted by Gasteiger charge is -2.39. The van der Waals surface area contributed by atoms with Crippen molar-refractivity contribution in [3.05, 3.63) is 156 Å². The van der Waals surface area contributed by atoms with Crippen LogP contribution in [0.5, 0.6) is 11.5 Å². The fourth-order valence-corrected chi connectivity index (χ4v) is 7.70. The van der Waals surface area contributed by atoms with Gasteiger partial charge in [0.15, 0.2) is 0 Å². The second-order valence-electron chi connectivity index (χ2n) is 11.2. The molecule has 0 saturated carbocycles. The van der Waals surface area contributed by atoms with Crippen molar-refractivity contribution < 1.29 is 9.15 Å². The molecule has 2 aliphatic rings. The Morgan fingerprint density at radius 3 is 1.93 bits per heavy atom. The van der Waals surface area contributed by atoms with Gasteiger partial charge in [0.05, 0.1) is 5.41 Å². The summed E-state index contributed by atoms with van der Waals surface area (Å²) in [6, 6.07) is 47.9. The predicted octanol–water partition coefficient (Wildman–Crippen LogP) is 10.4. The summed E-state index contributed by atoms with van der Waals surface area (Å²) >= 11 is 0. The number of rotatable bonds is 0. The van der Waals surface area contributed by atoms with Gasteiger partial charge >= 0.3 is 0 Å². The topological polar surface area (TPSA) is 22.4 Å². The number of hydrogen-bond acceptors (Lipinski definition) is 2. The molecule has 0 radical (unpaired) electrons. The van der Waals surface area contributed by atoms with Gasteiger partial charge in [0.2, 0.25) is 0 Å². The lowest BCUT2D eigenvalue weighted by molar-refractivity contribution is 0.442. The maximum atomic E-state index is 6.81. The van der Waals surface area contributed by atoms with E-state index < -0.39 is 5.41 Å². The van der Waals surface area contributed by atoms with Gasteiger partial charge in [0.1, 0.15) is 22.7 Å². The average Bonchev–Trinajstić information content (AvgIpc) is 3.56. The molecule has 1 aliphatic carbocycles. The van der Waals surface area contributed by atoms with Gasteiger partial charge in [-0.05, 0) is 45.0 Å². The highest BCUT2D eigenvalue weighted by molar-refractivity contribution is 6.16. The van der Waals surface area contributed by atoms with Crippen molar-refractivity contribution >= 4 is 43.5 Å². The third-order valence-electron chi connectivity index (χ3n) is 9.32. The normalized spacial score (nSPS) is 16.6. The fourth-order valence-electron chi connectivity index (χ4n) is 7.70. The average molecular weight is 523 g/mol. The largest absolute Gasteiger partial charge is 0.456 e. The number of fused-ring (bicyclic) bond motifs is 17. The SMILES string of the molecule is c1ccc2c(c1)Oc1c(ccc3ccccc13)C21c2ccc3ccccc3c2-c2c1ccc1c2oc2ccccc21. The summed E-state index contributed by atoms with van der Waals surface area (Å²) in [4.78, 5) is 0. The van der Waals surface area contributed by atoms with Gasteiger partial charge in [-0.15, -0.1) is 0 Å². The van der Waals surface area contributed by atoms with E-state index in [1.54, 1.807) is 0 Å². The zero-order valence-electron chi connectivity index (χ0n) is 22.0. The van der Waals surface area contributed by atoms with E-state index >= 15 is 0 Å². The van der Waals surface area contributed by atoms with Gasteiger partial charge < -0.3 is 9.15 Å². The molecule has 1 aromatic heterocycles. The van der Waals surface area contributed by atoms with Crippen molar-refractivity contribution in [2.75, 3.05) is 0 Å². The molecule has 0 amide bonds. The first-order valence-corrected chi connectivity index (χ1v) is 14.1. The molecule has 7 aromatic carbocycles. The number of furan rings is 1. The summed E-state index contributed by atoms with van der Waals surface area (Å²) in [6.45, 7) is 0. The minimum atomic E-state index is -0.559. The highest BCUT2D eigenvalue weighted by Crippen LogP contribution is 2.65. The zero-order valence-corrected chi connectivity index (χ0v) is 22.0. The molecule has 190 valence electrons. The van der Waals surface area contributed by atoms with Gasteiger partial charge in [-0.25, -0.2) is 0 Å². The van der Waals surface area contributed by atoms with E-state index in [-0.39, 0.29) is 0 Å². The smallest absolute Gasteiger partial charge is 0.143 e. The first-order chi connectivity index (χ1) is 20.3. The molecule has 2 nitrogen and oxygen atoms in total. The Hall–Kier alpha value is -5.34. The van der Waals surface area contributed by atoms with Gasteiger partial charge in [-0.1, -0.05) is 121 Å². The summed E-state index contributed by atoms with van der Waals surface area (Å²) in [5.41, 5.74) is 8.57. The molecule has 1 spiro atoms. The maximum Gasteiger partial charge on any atom is 0.143 e. The number of hydrogen-bond donors (Lipinski definition) is 0. The van der Waals surface area contributed by atoms with Crippen LogP contribution in [0.4, 0.5) is 0 Å². The second kappa shape index (κ2) is 7.44. The van der Waals surface area contributed by atoms with Crippen LogP contribution in [0, 0.1) is 0 Å². The van der Waals surface area contributed by atoms with E-state index in [1.165, 1.54) is 44.0 Å². The lowest BCUT2D eigenvalue weighted by atomic mass is 9.65. The maximum absolute atomic E-state index is 6.81. The summed E-state index contributed by atoms with van der Waals surface area (Å²) in [5.74, 6) is 1.83. The van der Waals surface area contributed by atoms with E-state index in [0.29, 0.717) is 0 Å². The van der Waals surface area contributed by atoms with E-state index in [0.717, 1.165) is 44.4 Å².